The number of nitrogens with one attached hydrogen (secondary N) is 2. The van der Waals surface area contributed by atoms with Crippen LogP contribution < -0.4 is 21.1 Å². The Morgan fingerprint density at radius 2 is 1.85 bits per heavy atom. The zero-order chi connectivity index (χ0) is 28.1. The summed E-state index contributed by atoms with van der Waals surface area (Å²) in [6, 6.07) is 19.9. The highest BCUT2D eigenvalue weighted by molar-refractivity contribution is 9.10. The number of rotatable bonds is 10. The Hall–Kier alpha value is -3.66. The predicted molar refractivity (Wildman–Crippen MR) is 157 cm³/mol. The number of aromatic nitrogens is 2. The van der Waals surface area contributed by atoms with Gasteiger partial charge in [-0.3, -0.25) is 9.59 Å². The molecular weight excluding hydrogens is 594 g/mol. The number of primary amides is 1. The number of hydrogen-bond donors (Lipinski definition) is 3. The van der Waals surface area contributed by atoms with Crippen LogP contribution >= 0.6 is 27.5 Å². The van der Waals surface area contributed by atoms with Crippen LogP contribution in [0.3, 0.4) is 0 Å². The summed E-state index contributed by atoms with van der Waals surface area (Å²) in [5, 5.41) is 6.99. The number of carbonyl (C=O) groups excluding carboxylic acids is 2. The Bertz CT molecular complexity index is 1490. The molecule has 3 aromatic carbocycles. The molecule has 2 amide bonds. The summed E-state index contributed by atoms with van der Waals surface area (Å²) in [5.41, 5.74) is 9.95. The van der Waals surface area contributed by atoms with Gasteiger partial charge < -0.3 is 25.7 Å². The van der Waals surface area contributed by atoms with Gasteiger partial charge in [0, 0.05) is 53.2 Å². The highest BCUT2D eigenvalue weighted by Crippen LogP contribution is 2.35. The van der Waals surface area contributed by atoms with Gasteiger partial charge in [-0.2, -0.15) is 0 Å². The van der Waals surface area contributed by atoms with E-state index in [1.54, 1.807) is 30.3 Å². The van der Waals surface area contributed by atoms with E-state index in [9.17, 15) is 9.59 Å². The fraction of sp³-hybridized carbons (Fsp3) is 0.233. The topological polar surface area (TPSA) is 111 Å². The van der Waals surface area contributed by atoms with Gasteiger partial charge in [0.2, 0.25) is 5.91 Å². The average Bonchev–Trinajstić information content (AvgIpc) is 3.40. The third kappa shape index (κ3) is 6.72. The number of fused-ring (bicyclic) bond motifs is 1. The normalized spacial score (nSPS) is 15.1. The van der Waals surface area contributed by atoms with Gasteiger partial charge in [0.15, 0.2) is 0 Å². The second-order valence-electron chi connectivity index (χ2n) is 9.69. The number of carbonyl (C=O) groups is 2. The molecule has 0 aliphatic carbocycles. The van der Waals surface area contributed by atoms with Crippen molar-refractivity contribution < 1.29 is 14.3 Å². The molecule has 4 aromatic rings. The number of benzene rings is 3. The van der Waals surface area contributed by atoms with Crippen molar-refractivity contribution in [2.45, 2.75) is 38.0 Å². The quantitative estimate of drug-likeness (QED) is 0.236. The van der Waals surface area contributed by atoms with Crippen molar-refractivity contribution >= 4 is 39.3 Å². The fourth-order valence-electron chi connectivity index (χ4n) is 4.78. The first-order chi connectivity index (χ1) is 19.4. The van der Waals surface area contributed by atoms with Gasteiger partial charge in [-0.05, 0) is 41.5 Å². The van der Waals surface area contributed by atoms with Gasteiger partial charge in [-0.1, -0.05) is 63.9 Å². The van der Waals surface area contributed by atoms with Crippen molar-refractivity contribution in [2.75, 3.05) is 6.61 Å². The number of nitrogens with zero attached hydrogens (tertiary/aromatic N) is 2. The lowest BCUT2D eigenvalue weighted by Gasteiger charge is -2.28. The molecule has 4 N–H and O–H groups in total. The molecule has 10 heteroatoms. The van der Waals surface area contributed by atoms with E-state index in [0.29, 0.717) is 29.5 Å². The van der Waals surface area contributed by atoms with Gasteiger partial charge in [-0.25, -0.2) is 4.98 Å². The van der Waals surface area contributed by atoms with Gasteiger partial charge in [0.25, 0.3) is 5.91 Å². The lowest BCUT2D eigenvalue weighted by atomic mass is 9.96. The molecule has 1 aliphatic rings. The van der Waals surface area contributed by atoms with E-state index in [2.05, 4.69) is 48.2 Å². The first-order valence-corrected chi connectivity index (χ1v) is 14.1. The van der Waals surface area contributed by atoms with Crippen LogP contribution in [0.15, 0.2) is 83.7 Å². The van der Waals surface area contributed by atoms with E-state index in [1.165, 1.54) is 5.56 Å². The number of nitrogens with two attached hydrogens (primary N) is 1. The molecule has 0 saturated carbocycles. The molecule has 0 bridgehead atoms. The maximum Gasteiger partial charge on any atom is 0.255 e. The summed E-state index contributed by atoms with van der Waals surface area (Å²) in [6.07, 6.45) is 4.70. The molecule has 5 rings (SSSR count). The highest BCUT2D eigenvalue weighted by atomic mass is 79.9. The number of para-hydroxylation sites is 1. The lowest BCUT2D eigenvalue weighted by molar-refractivity contribution is -0.119. The van der Waals surface area contributed by atoms with Crippen LogP contribution in [-0.2, 0) is 24.3 Å². The van der Waals surface area contributed by atoms with Crippen molar-refractivity contribution in [2.24, 2.45) is 5.73 Å². The van der Waals surface area contributed by atoms with Crippen LogP contribution in [0.25, 0.3) is 0 Å². The van der Waals surface area contributed by atoms with Crippen LogP contribution in [0, 0.1) is 0 Å². The van der Waals surface area contributed by atoms with Crippen LogP contribution in [0.5, 0.6) is 5.75 Å². The molecule has 0 spiro atoms. The largest absolute Gasteiger partial charge is 0.492 e. The fourth-order valence-corrected chi connectivity index (χ4v) is 5.17. The number of hydrogen-bond acceptors (Lipinski definition) is 5. The second-order valence-corrected chi connectivity index (χ2v) is 11.0. The Morgan fingerprint density at radius 1 is 1.10 bits per heavy atom. The van der Waals surface area contributed by atoms with E-state index in [0.717, 1.165) is 34.3 Å². The summed E-state index contributed by atoms with van der Waals surface area (Å²) in [6.45, 7) is 1.77. The number of imidazole rings is 1. The van der Waals surface area contributed by atoms with E-state index < -0.39 is 17.9 Å². The highest BCUT2D eigenvalue weighted by Gasteiger charge is 2.28. The first kappa shape index (κ1) is 27.9. The zero-order valence-corrected chi connectivity index (χ0v) is 24.0. The van der Waals surface area contributed by atoms with Crippen molar-refractivity contribution in [1.82, 2.24) is 20.2 Å². The summed E-state index contributed by atoms with van der Waals surface area (Å²) in [7, 11) is 0. The molecule has 8 nitrogen and oxygen atoms in total. The third-order valence-electron chi connectivity index (χ3n) is 6.91. The molecule has 1 aliphatic heterocycles. The summed E-state index contributed by atoms with van der Waals surface area (Å²) >= 11 is 9.44. The lowest BCUT2D eigenvalue weighted by Crippen LogP contribution is -2.46. The average molecular weight is 623 g/mol. The van der Waals surface area contributed by atoms with Gasteiger partial charge in [0.05, 0.1) is 24.2 Å². The second kappa shape index (κ2) is 12.7. The van der Waals surface area contributed by atoms with Crippen LogP contribution in [0.4, 0.5) is 0 Å². The first-order valence-electron chi connectivity index (χ1n) is 12.9. The van der Waals surface area contributed by atoms with Crippen molar-refractivity contribution in [3.63, 3.8) is 0 Å². The van der Waals surface area contributed by atoms with Crippen molar-refractivity contribution in [3.05, 3.63) is 117 Å². The van der Waals surface area contributed by atoms with E-state index >= 15 is 0 Å². The number of ether oxygens (including phenoxy) is 1. The van der Waals surface area contributed by atoms with Crippen LogP contribution in [0.2, 0.25) is 5.02 Å². The minimum atomic E-state index is -0.881. The predicted octanol–water partition coefficient (Wildman–Crippen LogP) is 4.79. The SMILES string of the molecule is NC(=O)C(Cc1ccc(Cl)cc1)NC(=O)c1cccc2c1OCCC2NCc1cncn1Cc1ccc(Br)cc1. The monoisotopic (exact) mass is 621 g/mol. The molecule has 0 radical (unpaired) electrons. The number of amides is 2. The van der Waals surface area contributed by atoms with Crippen molar-refractivity contribution in [3.8, 4) is 5.75 Å². The molecule has 2 heterocycles. The molecular formula is C30H29BrClN5O3. The Labute approximate surface area is 246 Å². The van der Waals surface area contributed by atoms with Gasteiger partial charge >= 0.3 is 0 Å². The van der Waals surface area contributed by atoms with Crippen molar-refractivity contribution in [1.29, 1.82) is 0 Å². The van der Waals surface area contributed by atoms with Crippen LogP contribution in [0.1, 0.15) is 45.2 Å². The minimum absolute atomic E-state index is 0.0199. The molecule has 40 heavy (non-hydrogen) atoms. The molecule has 0 saturated heterocycles. The zero-order valence-electron chi connectivity index (χ0n) is 21.6. The van der Waals surface area contributed by atoms with E-state index in [1.807, 2.05) is 36.8 Å². The molecule has 2 atom stereocenters. The summed E-state index contributed by atoms with van der Waals surface area (Å²) < 4.78 is 9.14. The molecule has 206 valence electrons. The number of halogens is 2. The Kier molecular flexibility index (Phi) is 8.84. The van der Waals surface area contributed by atoms with E-state index in [-0.39, 0.29) is 12.5 Å². The smallest absolute Gasteiger partial charge is 0.255 e. The third-order valence-corrected chi connectivity index (χ3v) is 7.70. The summed E-state index contributed by atoms with van der Waals surface area (Å²) in [5.74, 6) is -0.516. The Morgan fingerprint density at radius 3 is 2.60 bits per heavy atom. The maximum absolute atomic E-state index is 13.3. The molecule has 0 fully saturated rings. The standard InChI is InChI=1S/C30H29BrClN5O3/c31-21-8-4-20(5-9-21)17-37-18-34-15-23(37)16-35-26-12-13-40-28-24(26)2-1-3-25(28)30(39)36-27(29(33)38)14-19-6-10-22(32)11-7-19/h1-11,15,18,26-27,35H,12-14,16-17H2,(H2,33,38)(H,36,39). The van der Waals surface area contributed by atoms with Crippen LogP contribution in [-0.4, -0.2) is 34.0 Å². The van der Waals surface area contributed by atoms with Gasteiger partial charge in [0.1, 0.15) is 11.8 Å². The van der Waals surface area contributed by atoms with E-state index in [4.69, 9.17) is 22.1 Å². The minimum Gasteiger partial charge on any atom is -0.492 e. The Balaban J connectivity index is 1.27. The maximum atomic E-state index is 13.3. The molecule has 2 unspecified atom stereocenters. The molecule has 1 aromatic heterocycles. The van der Waals surface area contributed by atoms with Gasteiger partial charge in [-0.15, -0.1) is 0 Å². The summed E-state index contributed by atoms with van der Waals surface area (Å²) in [4.78, 5) is 29.8.